The molecule has 180 valence electrons. The van der Waals surface area contributed by atoms with Gasteiger partial charge in [0.05, 0.1) is 29.4 Å². The van der Waals surface area contributed by atoms with Gasteiger partial charge in [0.15, 0.2) is 0 Å². The molecule has 11 nitrogen and oxygen atoms in total. The number of hydrogen-bond acceptors (Lipinski definition) is 9. The van der Waals surface area contributed by atoms with Crippen LogP contribution in [-0.4, -0.2) is 84.8 Å². The van der Waals surface area contributed by atoms with Gasteiger partial charge < -0.3 is 19.4 Å². The lowest BCUT2D eigenvalue weighted by atomic mass is 10.2. The summed E-state index contributed by atoms with van der Waals surface area (Å²) in [6, 6.07) is 5.61. The first-order valence-electron chi connectivity index (χ1n) is 10.3. The molecule has 0 aliphatic carbocycles. The standard InChI is InChI=1S/C20H27N5O6S2/c1-13-10-25(11-14(2)30-13)18(26)12-32-20-23-22-17(31-20)9-21-19(27)15-5-7-16(8-6-15)33(28,29)24(3)4/h5-8,13-14H,9-12H2,1-4H3,(H,21,27)/t13-,14-/m1/s1. The number of ether oxygens (including phenoxy) is 1. The van der Waals surface area contributed by atoms with E-state index in [9.17, 15) is 18.0 Å². The first kappa shape index (κ1) is 25.1. The average Bonchev–Trinajstić information content (AvgIpc) is 3.23. The lowest BCUT2D eigenvalue weighted by Crippen LogP contribution is -2.48. The van der Waals surface area contributed by atoms with Crippen molar-refractivity contribution in [1.82, 2.24) is 24.7 Å². The quantitative estimate of drug-likeness (QED) is 0.529. The Kier molecular flexibility index (Phi) is 8.10. The molecule has 2 atom stereocenters. The van der Waals surface area contributed by atoms with E-state index in [1.807, 2.05) is 13.8 Å². The number of hydrogen-bond donors (Lipinski definition) is 1. The van der Waals surface area contributed by atoms with Gasteiger partial charge in [-0.25, -0.2) is 12.7 Å². The fourth-order valence-corrected chi connectivity index (χ4v) is 4.80. The van der Waals surface area contributed by atoms with Crippen LogP contribution in [0.3, 0.4) is 0 Å². The number of carbonyl (C=O) groups is 2. The van der Waals surface area contributed by atoms with E-state index in [0.717, 1.165) is 16.1 Å². The number of nitrogens with one attached hydrogen (secondary N) is 1. The molecule has 0 radical (unpaired) electrons. The normalized spacial score (nSPS) is 19.0. The highest BCUT2D eigenvalue weighted by Gasteiger charge is 2.26. The van der Waals surface area contributed by atoms with Crippen molar-refractivity contribution in [1.29, 1.82) is 0 Å². The number of benzene rings is 1. The lowest BCUT2D eigenvalue weighted by Gasteiger charge is -2.35. The van der Waals surface area contributed by atoms with E-state index < -0.39 is 15.9 Å². The van der Waals surface area contributed by atoms with Crippen LogP contribution >= 0.6 is 11.8 Å². The molecule has 0 saturated carbocycles. The van der Waals surface area contributed by atoms with Crippen LogP contribution in [0.25, 0.3) is 0 Å². The maximum absolute atomic E-state index is 12.4. The molecule has 33 heavy (non-hydrogen) atoms. The second-order valence-corrected chi connectivity index (χ2v) is 10.9. The van der Waals surface area contributed by atoms with Crippen molar-refractivity contribution in [2.24, 2.45) is 0 Å². The van der Waals surface area contributed by atoms with Crippen LogP contribution in [-0.2, 0) is 26.1 Å². The van der Waals surface area contributed by atoms with Gasteiger partial charge in [-0.3, -0.25) is 9.59 Å². The van der Waals surface area contributed by atoms with Gasteiger partial charge in [-0.2, -0.15) is 0 Å². The Morgan fingerprint density at radius 3 is 2.39 bits per heavy atom. The van der Waals surface area contributed by atoms with Crippen LogP contribution in [0.1, 0.15) is 30.1 Å². The Labute approximate surface area is 196 Å². The van der Waals surface area contributed by atoms with Gasteiger partial charge in [-0.15, -0.1) is 10.2 Å². The highest BCUT2D eigenvalue weighted by atomic mass is 32.2. The SMILES string of the molecule is C[C@@H]1CN(C(=O)CSc2nnc(CNC(=O)c3ccc(S(=O)(=O)N(C)C)cc3)o2)C[C@@H](C)O1. The predicted octanol–water partition coefficient (Wildman–Crippen LogP) is 0.978. The Balaban J connectivity index is 1.48. The fraction of sp³-hybridized carbons (Fsp3) is 0.500. The molecule has 2 aromatic rings. The minimum absolute atomic E-state index is 0.00339. The number of sulfonamides is 1. The Morgan fingerprint density at radius 2 is 1.79 bits per heavy atom. The molecule has 0 spiro atoms. The molecule has 2 heterocycles. The number of carbonyl (C=O) groups excluding carboxylic acids is 2. The van der Waals surface area contributed by atoms with Crippen LogP contribution in [0.5, 0.6) is 0 Å². The molecule has 0 unspecified atom stereocenters. The summed E-state index contributed by atoms with van der Waals surface area (Å²) in [5, 5.41) is 10.7. The van der Waals surface area contributed by atoms with Gasteiger partial charge in [0.2, 0.25) is 21.8 Å². The zero-order valence-electron chi connectivity index (χ0n) is 18.8. The van der Waals surface area contributed by atoms with Crippen molar-refractivity contribution in [3.63, 3.8) is 0 Å². The molecule has 2 amide bonds. The maximum Gasteiger partial charge on any atom is 0.277 e. The smallest absolute Gasteiger partial charge is 0.277 e. The molecule has 1 fully saturated rings. The summed E-state index contributed by atoms with van der Waals surface area (Å²) < 4.78 is 36.4. The summed E-state index contributed by atoms with van der Waals surface area (Å²) in [5.41, 5.74) is 0.293. The summed E-state index contributed by atoms with van der Waals surface area (Å²) in [6.45, 7) is 4.96. The van der Waals surface area contributed by atoms with E-state index in [4.69, 9.17) is 9.15 Å². The van der Waals surface area contributed by atoms with Crippen molar-refractivity contribution in [2.75, 3.05) is 32.9 Å². The van der Waals surface area contributed by atoms with Crippen LogP contribution in [0.15, 0.2) is 38.8 Å². The molecule has 1 aliphatic rings. The van der Waals surface area contributed by atoms with Gasteiger partial charge in [0.1, 0.15) is 0 Å². The van der Waals surface area contributed by atoms with Crippen molar-refractivity contribution in [3.05, 3.63) is 35.7 Å². The summed E-state index contributed by atoms with van der Waals surface area (Å²) >= 11 is 1.14. The largest absolute Gasteiger partial charge is 0.414 e. The molecule has 13 heteroatoms. The van der Waals surface area contributed by atoms with E-state index in [1.54, 1.807) is 4.90 Å². The molecule has 0 bridgehead atoms. The van der Waals surface area contributed by atoms with Crippen molar-refractivity contribution >= 4 is 33.6 Å². The number of amides is 2. The Hall–Kier alpha value is -2.48. The summed E-state index contributed by atoms with van der Waals surface area (Å²) in [4.78, 5) is 26.6. The minimum atomic E-state index is -3.56. The summed E-state index contributed by atoms with van der Waals surface area (Å²) in [5.74, 6) is -0.0919. The van der Waals surface area contributed by atoms with Crippen molar-refractivity contribution in [3.8, 4) is 0 Å². The van der Waals surface area contributed by atoms with Crippen molar-refractivity contribution < 1.29 is 27.2 Å². The van der Waals surface area contributed by atoms with E-state index in [-0.39, 0.29) is 46.4 Å². The topological polar surface area (TPSA) is 135 Å². The average molecular weight is 498 g/mol. The molecular formula is C20H27N5O6S2. The van der Waals surface area contributed by atoms with Crippen molar-refractivity contribution in [2.45, 2.75) is 42.7 Å². The number of aromatic nitrogens is 2. The zero-order chi connectivity index (χ0) is 24.2. The Morgan fingerprint density at radius 1 is 1.15 bits per heavy atom. The molecule has 1 aromatic heterocycles. The summed E-state index contributed by atoms with van der Waals surface area (Å²) in [7, 11) is -0.690. The highest BCUT2D eigenvalue weighted by molar-refractivity contribution is 7.99. The third-order valence-electron chi connectivity index (χ3n) is 4.83. The number of rotatable bonds is 8. The Bertz CT molecular complexity index is 1080. The fourth-order valence-electron chi connectivity index (χ4n) is 3.21. The molecule has 1 aromatic carbocycles. The van der Waals surface area contributed by atoms with Gasteiger partial charge in [-0.1, -0.05) is 11.8 Å². The second-order valence-electron chi connectivity index (χ2n) is 7.80. The maximum atomic E-state index is 12.4. The van der Waals surface area contributed by atoms with Gasteiger partial charge in [0.25, 0.3) is 11.1 Å². The van der Waals surface area contributed by atoms with Gasteiger partial charge in [-0.05, 0) is 38.1 Å². The van der Waals surface area contributed by atoms with Gasteiger partial charge in [0, 0.05) is 32.7 Å². The molecular weight excluding hydrogens is 470 g/mol. The second kappa shape index (κ2) is 10.6. The summed E-state index contributed by atoms with van der Waals surface area (Å²) in [6.07, 6.45) is -0.00943. The number of nitrogens with zero attached hydrogens (tertiary/aromatic N) is 4. The van der Waals surface area contributed by atoms with E-state index in [1.165, 1.54) is 38.4 Å². The van der Waals surface area contributed by atoms with Crippen LogP contribution in [0.4, 0.5) is 0 Å². The van der Waals surface area contributed by atoms with Crippen LogP contribution in [0.2, 0.25) is 0 Å². The zero-order valence-corrected chi connectivity index (χ0v) is 20.5. The third kappa shape index (κ3) is 6.53. The van der Waals surface area contributed by atoms with E-state index >= 15 is 0 Å². The minimum Gasteiger partial charge on any atom is -0.414 e. The molecule has 1 aliphatic heterocycles. The molecule has 1 N–H and O–H groups in total. The highest BCUT2D eigenvalue weighted by Crippen LogP contribution is 2.19. The number of thioether (sulfide) groups is 1. The van der Waals surface area contributed by atoms with Gasteiger partial charge >= 0.3 is 0 Å². The molecule has 1 saturated heterocycles. The van der Waals surface area contributed by atoms with Crippen LogP contribution < -0.4 is 5.32 Å². The molecule has 3 rings (SSSR count). The first-order chi connectivity index (χ1) is 15.6. The first-order valence-corrected chi connectivity index (χ1v) is 12.7. The third-order valence-corrected chi connectivity index (χ3v) is 7.47. The van der Waals surface area contributed by atoms with E-state index in [2.05, 4.69) is 15.5 Å². The number of morpholine rings is 1. The lowest BCUT2D eigenvalue weighted by molar-refractivity contribution is -0.140. The predicted molar refractivity (Wildman–Crippen MR) is 120 cm³/mol. The van der Waals surface area contributed by atoms with E-state index in [0.29, 0.717) is 18.7 Å². The van der Waals surface area contributed by atoms with Crippen LogP contribution in [0, 0.1) is 0 Å². The monoisotopic (exact) mass is 497 g/mol.